The van der Waals surface area contributed by atoms with Crippen molar-refractivity contribution in [2.45, 2.75) is 64.2 Å². The van der Waals surface area contributed by atoms with Gasteiger partial charge in [-0.2, -0.15) is 0 Å². The Labute approximate surface area is 144 Å². The molecule has 5 nitrogen and oxygen atoms in total. The maximum atomic E-state index is 12.4. The van der Waals surface area contributed by atoms with Gasteiger partial charge in [0.1, 0.15) is 0 Å². The normalized spacial score (nSPS) is 21.0. The number of amides is 2. The van der Waals surface area contributed by atoms with Crippen molar-refractivity contribution in [1.82, 2.24) is 15.2 Å². The van der Waals surface area contributed by atoms with Crippen LogP contribution in [0.1, 0.15) is 51.1 Å². The molecule has 1 aromatic rings. The molecule has 0 bridgehead atoms. The summed E-state index contributed by atoms with van der Waals surface area (Å²) in [6, 6.07) is 6.25. The number of piperidine rings is 1. The number of rotatable bonds is 5. The van der Waals surface area contributed by atoms with E-state index in [9.17, 15) is 4.79 Å². The molecule has 5 heteroatoms. The standard InChI is InChI=1S/C19H29N3O2/c1-15(16-6-2-3-7-16)21-19(23)22-12-9-18(10-13-22)24-14-17-8-4-5-11-20-17/h4-5,8,11,15-16,18H,2-3,6-7,9-10,12-14H2,1H3,(H,21,23)/t15-/m0/s1. The molecule has 24 heavy (non-hydrogen) atoms. The third kappa shape index (κ3) is 4.69. The summed E-state index contributed by atoms with van der Waals surface area (Å²) in [5, 5.41) is 3.20. The molecular weight excluding hydrogens is 302 g/mol. The second-order valence-electron chi connectivity index (χ2n) is 7.10. The maximum Gasteiger partial charge on any atom is 0.317 e. The lowest BCUT2D eigenvalue weighted by Gasteiger charge is -2.33. The Morgan fingerprint density at radius 1 is 1.29 bits per heavy atom. The average molecular weight is 331 g/mol. The van der Waals surface area contributed by atoms with Crippen LogP contribution in [0.15, 0.2) is 24.4 Å². The van der Waals surface area contributed by atoms with E-state index in [0.29, 0.717) is 12.5 Å². The van der Waals surface area contributed by atoms with E-state index in [2.05, 4.69) is 17.2 Å². The highest BCUT2D eigenvalue weighted by Crippen LogP contribution is 2.27. The molecule has 1 aliphatic heterocycles. The number of aromatic nitrogens is 1. The van der Waals surface area contributed by atoms with Gasteiger partial charge in [0.05, 0.1) is 18.4 Å². The van der Waals surface area contributed by atoms with E-state index in [1.165, 1.54) is 25.7 Å². The summed E-state index contributed by atoms with van der Waals surface area (Å²) in [5.74, 6) is 0.660. The predicted molar refractivity (Wildman–Crippen MR) is 93.6 cm³/mol. The number of carbonyl (C=O) groups is 1. The first-order valence-electron chi connectivity index (χ1n) is 9.29. The molecule has 1 saturated carbocycles. The first-order valence-corrected chi connectivity index (χ1v) is 9.29. The fourth-order valence-corrected chi connectivity index (χ4v) is 3.77. The number of likely N-dealkylation sites (tertiary alicyclic amines) is 1. The van der Waals surface area contributed by atoms with Gasteiger partial charge in [-0.3, -0.25) is 4.98 Å². The summed E-state index contributed by atoms with van der Waals surface area (Å²) in [7, 11) is 0. The van der Waals surface area contributed by atoms with Gasteiger partial charge in [0.15, 0.2) is 0 Å². The van der Waals surface area contributed by atoms with Crippen molar-refractivity contribution >= 4 is 6.03 Å². The summed E-state index contributed by atoms with van der Waals surface area (Å²) < 4.78 is 5.94. The summed E-state index contributed by atoms with van der Waals surface area (Å²) in [4.78, 5) is 18.6. The highest BCUT2D eigenvalue weighted by Gasteiger charge is 2.27. The second-order valence-corrected chi connectivity index (χ2v) is 7.10. The Hall–Kier alpha value is -1.62. The van der Waals surface area contributed by atoms with Crippen LogP contribution in [-0.4, -0.2) is 41.2 Å². The van der Waals surface area contributed by atoms with Gasteiger partial charge in [-0.1, -0.05) is 18.9 Å². The van der Waals surface area contributed by atoms with Crippen molar-refractivity contribution in [2.24, 2.45) is 5.92 Å². The number of nitrogens with zero attached hydrogens (tertiary/aromatic N) is 2. The number of hydrogen-bond donors (Lipinski definition) is 1. The van der Waals surface area contributed by atoms with Crippen LogP contribution in [0.5, 0.6) is 0 Å². The highest BCUT2D eigenvalue weighted by atomic mass is 16.5. The van der Waals surface area contributed by atoms with Crippen molar-refractivity contribution in [2.75, 3.05) is 13.1 Å². The minimum Gasteiger partial charge on any atom is -0.372 e. The van der Waals surface area contributed by atoms with Crippen LogP contribution in [0.2, 0.25) is 0 Å². The lowest BCUT2D eigenvalue weighted by atomic mass is 10.00. The fourth-order valence-electron chi connectivity index (χ4n) is 3.77. The molecule has 0 unspecified atom stereocenters. The SMILES string of the molecule is C[C@H](NC(=O)N1CCC(OCc2ccccn2)CC1)C1CCCC1. The molecule has 132 valence electrons. The first-order chi connectivity index (χ1) is 11.7. The summed E-state index contributed by atoms with van der Waals surface area (Å²) >= 11 is 0. The van der Waals surface area contributed by atoms with E-state index in [4.69, 9.17) is 4.74 Å². The van der Waals surface area contributed by atoms with Gasteiger partial charge in [0, 0.05) is 25.3 Å². The Morgan fingerprint density at radius 3 is 2.71 bits per heavy atom. The number of pyridine rings is 1. The van der Waals surface area contributed by atoms with Crippen molar-refractivity contribution in [3.05, 3.63) is 30.1 Å². The molecule has 0 spiro atoms. The Kier molecular flexibility index (Phi) is 6.07. The quantitative estimate of drug-likeness (QED) is 0.900. The van der Waals surface area contributed by atoms with Gasteiger partial charge in [0.25, 0.3) is 0 Å². The van der Waals surface area contributed by atoms with Gasteiger partial charge >= 0.3 is 6.03 Å². The summed E-state index contributed by atoms with van der Waals surface area (Å²) in [6.07, 6.45) is 8.94. The van der Waals surface area contributed by atoms with Gasteiger partial charge in [0.2, 0.25) is 0 Å². The maximum absolute atomic E-state index is 12.4. The molecule has 1 N–H and O–H groups in total. The van der Waals surface area contributed by atoms with Crippen LogP contribution in [0.25, 0.3) is 0 Å². The third-order valence-corrected chi connectivity index (χ3v) is 5.38. The van der Waals surface area contributed by atoms with Gasteiger partial charge < -0.3 is 15.0 Å². The number of ether oxygens (including phenoxy) is 1. The molecule has 1 aromatic heterocycles. The molecule has 1 aliphatic carbocycles. The number of urea groups is 1. The molecule has 3 rings (SSSR count). The zero-order valence-corrected chi connectivity index (χ0v) is 14.6. The van der Waals surface area contributed by atoms with Crippen LogP contribution in [0.3, 0.4) is 0 Å². The molecule has 0 aromatic carbocycles. The monoisotopic (exact) mass is 331 g/mol. The Balaban J connectivity index is 1.37. The molecular formula is C19H29N3O2. The number of carbonyl (C=O) groups excluding carboxylic acids is 1. The molecule has 1 atom stereocenters. The molecule has 2 heterocycles. The number of hydrogen-bond acceptors (Lipinski definition) is 3. The Morgan fingerprint density at radius 2 is 2.04 bits per heavy atom. The lowest BCUT2D eigenvalue weighted by molar-refractivity contribution is 0.00282. The zero-order chi connectivity index (χ0) is 16.8. The third-order valence-electron chi connectivity index (χ3n) is 5.38. The molecule has 2 aliphatic rings. The van der Waals surface area contributed by atoms with Crippen LogP contribution in [0, 0.1) is 5.92 Å². The zero-order valence-electron chi connectivity index (χ0n) is 14.6. The van der Waals surface area contributed by atoms with Crippen molar-refractivity contribution in [3.8, 4) is 0 Å². The van der Waals surface area contributed by atoms with Gasteiger partial charge in [-0.25, -0.2) is 4.79 Å². The molecule has 0 radical (unpaired) electrons. The second kappa shape index (κ2) is 8.47. The average Bonchev–Trinajstić information content (AvgIpc) is 3.16. The van der Waals surface area contributed by atoms with Crippen molar-refractivity contribution in [3.63, 3.8) is 0 Å². The fraction of sp³-hybridized carbons (Fsp3) is 0.684. The van der Waals surface area contributed by atoms with Crippen LogP contribution in [-0.2, 0) is 11.3 Å². The minimum atomic E-state index is 0.0950. The topological polar surface area (TPSA) is 54.5 Å². The largest absolute Gasteiger partial charge is 0.372 e. The van der Waals surface area contributed by atoms with Gasteiger partial charge in [-0.15, -0.1) is 0 Å². The minimum absolute atomic E-state index is 0.0950. The number of nitrogens with one attached hydrogen (secondary N) is 1. The van der Waals surface area contributed by atoms with Crippen molar-refractivity contribution in [1.29, 1.82) is 0 Å². The van der Waals surface area contributed by atoms with Gasteiger partial charge in [-0.05, 0) is 50.7 Å². The lowest BCUT2D eigenvalue weighted by Crippen LogP contribution is -2.49. The van der Waals surface area contributed by atoms with Crippen LogP contribution in [0.4, 0.5) is 4.79 Å². The predicted octanol–water partition coefficient (Wildman–Crippen LogP) is 3.35. The van der Waals surface area contributed by atoms with E-state index in [0.717, 1.165) is 31.6 Å². The van der Waals surface area contributed by atoms with E-state index in [1.807, 2.05) is 23.1 Å². The van der Waals surface area contributed by atoms with E-state index >= 15 is 0 Å². The highest BCUT2D eigenvalue weighted by molar-refractivity contribution is 5.74. The molecule has 2 amide bonds. The van der Waals surface area contributed by atoms with Crippen LogP contribution >= 0.6 is 0 Å². The molecule has 1 saturated heterocycles. The summed E-state index contributed by atoms with van der Waals surface area (Å²) in [6.45, 7) is 4.25. The van der Waals surface area contributed by atoms with E-state index in [-0.39, 0.29) is 18.2 Å². The van der Waals surface area contributed by atoms with E-state index in [1.54, 1.807) is 6.20 Å². The Bertz CT molecular complexity index is 509. The first kappa shape index (κ1) is 17.2. The van der Waals surface area contributed by atoms with Crippen molar-refractivity contribution < 1.29 is 9.53 Å². The smallest absolute Gasteiger partial charge is 0.317 e. The molecule has 2 fully saturated rings. The summed E-state index contributed by atoms with van der Waals surface area (Å²) in [5.41, 5.74) is 0.961. The van der Waals surface area contributed by atoms with Crippen LogP contribution < -0.4 is 5.32 Å². The van der Waals surface area contributed by atoms with E-state index < -0.39 is 0 Å².